The highest BCUT2D eigenvalue weighted by Crippen LogP contribution is 2.24. The second kappa shape index (κ2) is 7.41. The minimum absolute atomic E-state index is 0.194. The van der Waals surface area contributed by atoms with Crippen LogP contribution in [0.1, 0.15) is 12.5 Å². The van der Waals surface area contributed by atoms with E-state index in [1.807, 2.05) is 60.3 Å². The quantitative estimate of drug-likeness (QED) is 0.563. The summed E-state index contributed by atoms with van der Waals surface area (Å²) in [6.45, 7) is 4.88. The van der Waals surface area contributed by atoms with Crippen molar-refractivity contribution < 1.29 is 4.52 Å². The number of benzene rings is 1. The van der Waals surface area contributed by atoms with E-state index in [4.69, 9.17) is 4.52 Å². The Balaban J connectivity index is 1.46. The van der Waals surface area contributed by atoms with Gasteiger partial charge in [0, 0.05) is 30.2 Å². The van der Waals surface area contributed by atoms with Gasteiger partial charge in [-0.1, -0.05) is 29.4 Å². The lowest BCUT2D eigenvalue weighted by atomic mass is 10.1. The van der Waals surface area contributed by atoms with E-state index in [1.165, 1.54) is 0 Å². The van der Waals surface area contributed by atoms with Crippen LogP contribution in [0.2, 0.25) is 0 Å². The molecule has 0 spiro atoms. The molecule has 1 aromatic carbocycles. The Bertz CT molecular complexity index is 1010. The second-order valence-electron chi connectivity index (χ2n) is 6.44. The molecule has 0 bridgehead atoms. The summed E-state index contributed by atoms with van der Waals surface area (Å²) >= 11 is 0. The zero-order valence-corrected chi connectivity index (χ0v) is 15.2. The Morgan fingerprint density at radius 2 is 2.04 bits per heavy atom. The van der Waals surface area contributed by atoms with Gasteiger partial charge >= 0.3 is 0 Å². The van der Waals surface area contributed by atoms with Crippen molar-refractivity contribution in [2.45, 2.75) is 26.4 Å². The average molecular weight is 360 g/mol. The van der Waals surface area contributed by atoms with Crippen LogP contribution in [-0.2, 0) is 6.54 Å². The lowest BCUT2D eigenvalue weighted by Crippen LogP contribution is -2.22. The summed E-state index contributed by atoms with van der Waals surface area (Å²) in [5, 5.41) is 11.7. The van der Waals surface area contributed by atoms with Crippen LogP contribution >= 0.6 is 0 Å². The molecular formula is C20H20N6O. The number of nitrogens with zero attached hydrogens (tertiary/aromatic N) is 5. The summed E-state index contributed by atoms with van der Waals surface area (Å²) in [5.74, 6) is 1.83. The number of pyridine rings is 1. The SMILES string of the molecule is Cc1ccccc1-c1noc(-c2ccc(N[C@@H](C)Cn3cccn3)nc2)n1. The molecular weight excluding hydrogens is 340 g/mol. The average Bonchev–Trinajstić information content (AvgIpc) is 3.35. The molecule has 0 aliphatic carbocycles. The molecule has 27 heavy (non-hydrogen) atoms. The van der Waals surface area contributed by atoms with Gasteiger partial charge in [-0.15, -0.1) is 0 Å². The number of aromatic nitrogens is 5. The zero-order chi connectivity index (χ0) is 18.6. The van der Waals surface area contributed by atoms with Gasteiger partial charge in [0.2, 0.25) is 5.82 Å². The number of nitrogens with one attached hydrogen (secondary N) is 1. The van der Waals surface area contributed by atoms with Crippen LogP contribution in [0.5, 0.6) is 0 Å². The Morgan fingerprint density at radius 1 is 1.15 bits per heavy atom. The molecule has 3 aromatic heterocycles. The molecule has 4 aromatic rings. The Labute approximate surface area is 157 Å². The van der Waals surface area contributed by atoms with Crippen molar-refractivity contribution in [1.82, 2.24) is 24.9 Å². The highest BCUT2D eigenvalue weighted by Gasteiger charge is 2.13. The van der Waals surface area contributed by atoms with Crippen molar-refractivity contribution in [2.24, 2.45) is 0 Å². The molecule has 7 heteroatoms. The van der Waals surface area contributed by atoms with Crippen molar-refractivity contribution in [1.29, 1.82) is 0 Å². The Hall–Kier alpha value is -3.48. The van der Waals surface area contributed by atoms with Gasteiger partial charge in [0.25, 0.3) is 5.89 Å². The van der Waals surface area contributed by atoms with Crippen molar-refractivity contribution in [3.05, 3.63) is 66.6 Å². The lowest BCUT2D eigenvalue weighted by molar-refractivity contribution is 0.432. The number of aryl methyl sites for hydroxylation is 1. The van der Waals surface area contributed by atoms with Gasteiger partial charge in [-0.3, -0.25) is 4.68 Å². The van der Waals surface area contributed by atoms with Gasteiger partial charge in [0.15, 0.2) is 0 Å². The number of anilines is 1. The molecule has 0 aliphatic heterocycles. The second-order valence-corrected chi connectivity index (χ2v) is 6.44. The van der Waals surface area contributed by atoms with Gasteiger partial charge in [0.05, 0.1) is 12.1 Å². The third kappa shape index (κ3) is 3.87. The van der Waals surface area contributed by atoms with Crippen LogP contribution in [0.4, 0.5) is 5.82 Å². The monoisotopic (exact) mass is 360 g/mol. The zero-order valence-electron chi connectivity index (χ0n) is 15.2. The van der Waals surface area contributed by atoms with Crippen molar-refractivity contribution in [2.75, 3.05) is 5.32 Å². The molecule has 0 radical (unpaired) electrons. The number of rotatable bonds is 6. The fraction of sp³-hybridized carbons (Fsp3) is 0.200. The Morgan fingerprint density at radius 3 is 2.78 bits per heavy atom. The number of hydrogen-bond acceptors (Lipinski definition) is 6. The largest absolute Gasteiger partial charge is 0.366 e. The highest BCUT2D eigenvalue weighted by atomic mass is 16.5. The number of hydrogen-bond donors (Lipinski definition) is 1. The molecule has 4 rings (SSSR count). The summed E-state index contributed by atoms with van der Waals surface area (Å²) in [5.41, 5.74) is 2.85. The molecule has 0 fully saturated rings. The first-order valence-electron chi connectivity index (χ1n) is 8.79. The molecule has 1 N–H and O–H groups in total. The van der Waals surface area contributed by atoms with E-state index in [1.54, 1.807) is 12.4 Å². The third-order valence-electron chi connectivity index (χ3n) is 4.24. The summed E-state index contributed by atoms with van der Waals surface area (Å²) in [6, 6.07) is 13.9. The minimum atomic E-state index is 0.194. The first-order valence-corrected chi connectivity index (χ1v) is 8.79. The molecule has 1 atom stereocenters. The standard InChI is InChI=1S/C20H20N6O/c1-14-6-3-4-7-17(14)19-24-20(27-25-19)16-8-9-18(21-12-16)23-15(2)13-26-11-5-10-22-26/h3-12,15H,13H2,1-2H3,(H,21,23)/t15-/m0/s1. The van der Waals surface area contributed by atoms with E-state index in [-0.39, 0.29) is 6.04 Å². The van der Waals surface area contributed by atoms with E-state index in [9.17, 15) is 0 Å². The first-order chi connectivity index (χ1) is 13.2. The lowest BCUT2D eigenvalue weighted by Gasteiger charge is -2.14. The summed E-state index contributed by atoms with van der Waals surface area (Å²) in [7, 11) is 0. The molecule has 0 saturated carbocycles. The van der Waals surface area contributed by atoms with Gasteiger partial charge < -0.3 is 9.84 Å². The van der Waals surface area contributed by atoms with Crippen LogP contribution < -0.4 is 5.32 Å². The van der Waals surface area contributed by atoms with Crippen LogP contribution in [0.25, 0.3) is 22.8 Å². The predicted molar refractivity (Wildman–Crippen MR) is 103 cm³/mol. The third-order valence-corrected chi connectivity index (χ3v) is 4.24. The molecule has 7 nitrogen and oxygen atoms in total. The smallest absolute Gasteiger partial charge is 0.259 e. The molecule has 3 heterocycles. The van der Waals surface area contributed by atoms with Crippen LogP contribution in [-0.4, -0.2) is 30.9 Å². The van der Waals surface area contributed by atoms with Gasteiger partial charge in [-0.05, 0) is 37.6 Å². The van der Waals surface area contributed by atoms with Crippen LogP contribution in [0, 0.1) is 6.92 Å². The van der Waals surface area contributed by atoms with Crippen LogP contribution in [0.3, 0.4) is 0 Å². The molecule has 0 aliphatic rings. The fourth-order valence-corrected chi connectivity index (χ4v) is 2.87. The molecule has 136 valence electrons. The van der Waals surface area contributed by atoms with Gasteiger partial charge in [-0.2, -0.15) is 10.1 Å². The maximum Gasteiger partial charge on any atom is 0.259 e. The van der Waals surface area contributed by atoms with E-state index in [0.717, 1.165) is 29.1 Å². The van der Waals surface area contributed by atoms with E-state index in [2.05, 4.69) is 32.5 Å². The van der Waals surface area contributed by atoms with E-state index >= 15 is 0 Å². The maximum absolute atomic E-state index is 5.42. The molecule has 0 amide bonds. The minimum Gasteiger partial charge on any atom is -0.366 e. The van der Waals surface area contributed by atoms with Gasteiger partial charge in [0.1, 0.15) is 5.82 Å². The topological polar surface area (TPSA) is 81.7 Å². The Kier molecular flexibility index (Phi) is 4.65. The maximum atomic E-state index is 5.42. The van der Waals surface area contributed by atoms with Crippen molar-refractivity contribution in [3.8, 4) is 22.8 Å². The summed E-state index contributed by atoms with van der Waals surface area (Å²) < 4.78 is 7.30. The summed E-state index contributed by atoms with van der Waals surface area (Å²) in [6.07, 6.45) is 5.45. The first kappa shape index (κ1) is 17.0. The van der Waals surface area contributed by atoms with Crippen LogP contribution in [0.15, 0.2) is 65.6 Å². The fourth-order valence-electron chi connectivity index (χ4n) is 2.87. The highest BCUT2D eigenvalue weighted by molar-refractivity contribution is 5.62. The van der Waals surface area contributed by atoms with Gasteiger partial charge in [-0.25, -0.2) is 4.98 Å². The van der Waals surface area contributed by atoms with Crippen molar-refractivity contribution in [3.63, 3.8) is 0 Å². The van der Waals surface area contributed by atoms with E-state index in [0.29, 0.717) is 11.7 Å². The summed E-state index contributed by atoms with van der Waals surface area (Å²) in [4.78, 5) is 8.96. The molecule has 0 saturated heterocycles. The molecule has 0 unspecified atom stereocenters. The van der Waals surface area contributed by atoms with E-state index < -0.39 is 0 Å². The predicted octanol–water partition coefficient (Wildman–Crippen LogP) is 3.80. The van der Waals surface area contributed by atoms with Crippen molar-refractivity contribution >= 4 is 5.82 Å². The normalized spacial score (nSPS) is 12.1.